The molecule has 21 rings (SSSR count). The van der Waals surface area contributed by atoms with Gasteiger partial charge in [-0.15, -0.1) is 0 Å². The number of hydrogen-bond acceptors (Lipinski definition) is 3. The van der Waals surface area contributed by atoms with Gasteiger partial charge in [0.1, 0.15) is 5.82 Å². The van der Waals surface area contributed by atoms with Crippen LogP contribution in [0.25, 0.3) is 173 Å². The number of rotatable bonds is 8. The molecule has 0 bridgehead atoms. The smallest absolute Gasteiger partial charge is 0.160 e. The molecule has 472 valence electrons. The largest absolute Gasteiger partial charge is 0.309 e. The number of aryl methyl sites for hydroxylation is 1. The van der Waals surface area contributed by atoms with E-state index in [0.29, 0.717) is 5.82 Å². The van der Waals surface area contributed by atoms with Crippen LogP contribution in [0.15, 0.2) is 291 Å². The zero-order valence-electron chi connectivity index (χ0n) is 55.8. The summed E-state index contributed by atoms with van der Waals surface area (Å²) in [4.78, 5) is 16.1. The Morgan fingerprint density at radius 3 is 1.41 bits per heavy atom. The van der Waals surface area contributed by atoms with Crippen molar-refractivity contribution >= 4 is 82.4 Å². The summed E-state index contributed by atoms with van der Waals surface area (Å²) in [6, 6.07) is 102. The molecule has 0 spiro atoms. The Morgan fingerprint density at radius 1 is 0.350 bits per heavy atom. The minimum absolute atomic E-state index is 0.300. The molecule has 6 heterocycles. The van der Waals surface area contributed by atoms with Gasteiger partial charge in [0.15, 0.2) is 5.82 Å². The van der Waals surface area contributed by atoms with Crippen LogP contribution in [0.4, 0.5) is 0 Å². The molecule has 0 unspecified atom stereocenters. The highest BCUT2D eigenvalue weighted by Gasteiger charge is 2.44. The lowest BCUT2D eigenvalue weighted by molar-refractivity contribution is 0.666. The van der Waals surface area contributed by atoms with Crippen LogP contribution in [-0.2, 0) is 17.3 Å². The van der Waals surface area contributed by atoms with E-state index in [0.717, 1.165) is 80.4 Å². The maximum Gasteiger partial charge on any atom is 0.160 e. The fourth-order valence-corrected chi connectivity index (χ4v) is 18.2. The summed E-state index contributed by atoms with van der Waals surface area (Å²) in [6.07, 6.45) is 8.72. The summed E-state index contributed by atoms with van der Waals surface area (Å²) in [5.41, 5.74) is 31.2. The number of para-hydroxylation sites is 4. The van der Waals surface area contributed by atoms with E-state index in [-0.39, 0.29) is 10.8 Å². The number of hydrogen-bond donors (Lipinski definition) is 0. The van der Waals surface area contributed by atoms with Crippen molar-refractivity contribution < 1.29 is 0 Å². The van der Waals surface area contributed by atoms with Crippen LogP contribution in [0.3, 0.4) is 0 Å². The Kier molecular flexibility index (Phi) is 11.9. The molecule has 18 aromatic rings. The van der Waals surface area contributed by atoms with Crippen molar-refractivity contribution in [1.29, 1.82) is 0 Å². The molecule has 0 aliphatic heterocycles. The summed E-state index contributed by atoms with van der Waals surface area (Å²) in [7, 11) is 0. The van der Waals surface area contributed by atoms with Gasteiger partial charge in [-0.1, -0.05) is 228 Å². The number of nitrogens with zero attached hydrogens (tertiary/aromatic N) is 7. The minimum atomic E-state index is -0.336. The summed E-state index contributed by atoms with van der Waals surface area (Å²) in [6.45, 7) is 9.73. The quantitative estimate of drug-likeness (QED) is 0.152. The van der Waals surface area contributed by atoms with Crippen LogP contribution in [0.1, 0.15) is 67.6 Å². The zero-order chi connectivity index (χ0) is 66.3. The van der Waals surface area contributed by atoms with Crippen LogP contribution in [0.2, 0.25) is 0 Å². The Hall–Kier alpha value is -12.5. The molecule has 0 atom stereocenters. The molecule has 0 radical (unpaired) electrons. The van der Waals surface area contributed by atoms with E-state index in [1.807, 2.05) is 0 Å². The molecule has 0 amide bonds. The van der Waals surface area contributed by atoms with Crippen molar-refractivity contribution in [2.24, 2.45) is 0 Å². The molecular weight excluding hydrogens is 1220 g/mol. The number of fused-ring (bicyclic) bond motifs is 24. The van der Waals surface area contributed by atoms with E-state index in [1.54, 1.807) is 0 Å². The first kappa shape index (κ1) is 56.7. The Bertz CT molecular complexity index is 6480. The maximum atomic E-state index is 5.60. The number of allylic oxidation sites excluding steroid dienone is 1. The molecule has 0 N–H and O–H groups in total. The SMILES string of the molecule is CC1(C)c2ccccc2-c2c1c1c3ccccc3n(-c3cccc(-c4ccc(-n5c6ccccc6c6c5c5c(c7c8ccccc8n(-c8ccccc8)c76)C(C)(C)c6ccccc6-5)nc4)c3)c1c1c3c(n(-c4ccc(-c5nc(-c6ccccc6)cc(-c6ccccc6)n5)cc4)c21)C=CCC3. The van der Waals surface area contributed by atoms with Gasteiger partial charge >= 0.3 is 0 Å². The lowest BCUT2D eigenvalue weighted by atomic mass is 9.80. The third kappa shape index (κ3) is 7.83. The third-order valence-corrected chi connectivity index (χ3v) is 22.4. The minimum Gasteiger partial charge on any atom is -0.309 e. The maximum absolute atomic E-state index is 5.60. The third-order valence-electron chi connectivity index (χ3n) is 22.4. The number of aromatic nitrogens is 7. The van der Waals surface area contributed by atoms with E-state index in [9.17, 15) is 0 Å². The van der Waals surface area contributed by atoms with Crippen LogP contribution in [0.5, 0.6) is 0 Å². The van der Waals surface area contributed by atoms with Crippen molar-refractivity contribution in [2.45, 2.75) is 51.4 Å². The summed E-state index contributed by atoms with van der Waals surface area (Å²) in [5, 5.41) is 8.87. The highest BCUT2D eigenvalue weighted by Crippen LogP contribution is 2.61. The van der Waals surface area contributed by atoms with Crippen LogP contribution in [0, 0.1) is 0 Å². The zero-order valence-corrected chi connectivity index (χ0v) is 55.8. The predicted molar refractivity (Wildman–Crippen MR) is 414 cm³/mol. The van der Waals surface area contributed by atoms with Crippen molar-refractivity contribution in [1.82, 2.24) is 33.2 Å². The monoisotopic (exact) mass is 1280 g/mol. The van der Waals surface area contributed by atoms with Gasteiger partial charge in [0.25, 0.3) is 0 Å². The van der Waals surface area contributed by atoms with Gasteiger partial charge in [-0.3, -0.25) is 4.57 Å². The molecule has 3 aliphatic carbocycles. The van der Waals surface area contributed by atoms with E-state index in [4.69, 9.17) is 15.0 Å². The van der Waals surface area contributed by atoms with Crippen LogP contribution >= 0.6 is 0 Å². The van der Waals surface area contributed by atoms with Gasteiger partial charge in [-0.2, -0.15) is 0 Å². The first-order valence-electron chi connectivity index (χ1n) is 35.0. The Morgan fingerprint density at radius 2 is 0.820 bits per heavy atom. The summed E-state index contributed by atoms with van der Waals surface area (Å²) >= 11 is 0. The fraction of sp³-hybridized carbons (Fsp3) is 0.0860. The first-order chi connectivity index (χ1) is 49.2. The standard InChI is InChI=1S/C93H65N7/c1-92(2)70-41-20-14-35-64(70)79-85(92)82-67-38-17-23-44-75(67)99(89(82)83-68-39-18-24-45-76(68)98(87(79)83)62-50-47-58(48-51-62)91-95-72(56-27-8-5-9-28-56)54-73(96-91)57-29-10-6-11-30-57)63-34-26-31-59(53-63)60-49-52-78(94-55-60)100-77-46-25-19-40-69(77)84-88-81(66-37-16-22-43-74(66)97(88)61-32-12-7-13-33-61)86-80(90(84)100)65-36-15-21-42-71(65)93(86,3)4/h5-17,19-38,40-55H,18,39H2,1-4H3. The first-order valence-corrected chi connectivity index (χ1v) is 35.0. The van der Waals surface area contributed by atoms with Crippen LogP contribution in [-0.4, -0.2) is 33.2 Å². The van der Waals surface area contributed by atoms with Gasteiger partial charge in [-0.05, 0) is 148 Å². The number of benzene rings is 12. The highest BCUT2D eigenvalue weighted by molar-refractivity contribution is 6.32. The topological polar surface area (TPSA) is 58.4 Å². The van der Waals surface area contributed by atoms with E-state index in [2.05, 4.69) is 343 Å². The van der Waals surface area contributed by atoms with Gasteiger partial charge < -0.3 is 13.7 Å². The molecule has 7 heteroatoms. The second-order valence-corrected chi connectivity index (χ2v) is 28.5. The highest BCUT2D eigenvalue weighted by atomic mass is 15.1. The fourth-order valence-electron chi connectivity index (χ4n) is 18.2. The van der Waals surface area contributed by atoms with E-state index < -0.39 is 0 Å². The van der Waals surface area contributed by atoms with Gasteiger partial charge in [-0.25, -0.2) is 15.0 Å². The van der Waals surface area contributed by atoms with Gasteiger partial charge in [0.2, 0.25) is 0 Å². The predicted octanol–water partition coefficient (Wildman–Crippen LogP) is 23.3. The average Bonchev–Trinajstić information content (AvgIpc) is 1.51. The lowest BCUT2D eigenvalue weighted by Crippen LogP contribution is -2.15. The van der Waals surface area contributed by atoms with Crippen molar-refractivity contribution in [3.05, 3.63) is 325 Å². The van der Waals surface area contributed by atoms with Gasteiger partial charge in [0, 0.05) is 111 Å². The van der Waals surface area contributed by atoms with Crippen LogP contribution < -0.4 is 0 Å². The average molecular weight is 1280 g/mol. The summed E-state index contributed by atoms with van der Waals surface area (Å²) in [5.74, 6) is 1.57. The van der Waals surface area contributed by atoms with E-state index >= 15 is 0 Å². The summed E-state index contributed by atoms with van der Waals surface area (Å²) < 4.78 is 10.2. The van der Waals surface area contributed by atoms with Crippen molar-refractivity contribution in [2.75, 3.05) is 0 Å². The van der Waals surface area contributed by atoms with Crippen molar-refractivity contribution in [3.63, 3.8) is 0 Å². The molecule has 12 aromatic carbocycles. The molecule has 6 aromatic heterocycles. The molecule has 0 saturated carbocycles. The van der Waals surface area contributed by atoms with E-state index in [1.165, 1.54) is 127 Å². The second-order valence-electron chi connectivity index (χ2n) is 28.5. The Labute approximate surface area is 578 Å². The molecular formula is C93H65N7. The lowest BCUT2D eigenvalue weighted by Gasteiger charge is -2.23. The molecule has 3 aliphatic rings. The number of pyridine rings is 1. The molecule has 100 heavy (non-hydrogen) atoms. The molecule has 7 nitrogen and oxygen atoms in total. The molecule has 0 fully saturated rings. The van der Waals surface area contributed by atoms with Crippen molar-refractivity contribution in [3.8, 4) is 90.2 Å². The molecule has 0 saturated heterocycles. The second kappa shape index (κ2) is 21.0. The van der Waals surface area contributed by atoms with Gasteiger partial charge in [0.05, 0.1) is 50.0 Å². The normalized spacial score (nSPS) is 14.0. The Balaban J connectivity index is 0.764.